The van der Waals surface area contributed by atoms with Gasteiger partial charge < -0.3 is 0 Å². The van der Waals surface area contributed by atoms with Crippen LogP contribution in [-0.4, -0.2) is 28.8 Å². The molecule has 78 valence electrons. The van der Waals surface area contributed by atoms with Gasteiger partial charge >= 0.3 is 0 Å². The summed E-state index contributed by atoms with van der Waals surface area (Å²) in [6.45, 7) is 5.68. The fourth-order valence-electron chi connectivity index (χ4n) is 3.65. The molecule has 0 bridgehead atoms. The van der Waals surface area contributed by atoms with E-state index in [9.17, 15) is 4.79 Å². The van der Waals surface area contributed by atoms with E-state index >= 15 is 0 Å². The first-order valence-electron chi connectivity index (χ1n) is 5.86. The molecule has 3 rings (SSSR count). The molecule has 2 aliphatic heterocycles. The Morgan fingerprint density at radius 3 is 2.64 bits per heavy atom. The highest BCUT2D eigenvalue weighted by Crippen LogP contribution is 2.58. The summed E-state index contributed by atoms with van der Waals surface area (Å²) < 4.78 is 0. The molecule has 3 fully saturated rings. The minimum Gasteiger partial charge on any atom is -0.299 e. The number of nitrogens with zero attached hydrogens (tertiary/aromatic N) is 1. The van der Waals surface area contributed by atoms with Crippen LogP contribution in [-0.2, 0) is 4.79 Å². The highest BCUT2D eigenvalue weighted by molar-refractivity contribution is 5.89. The molecule has 14 heavy (non-hydrogen) atoms. The Morgan fingerprint density at radius 1 is 1.29 bits per heavy atom. The van der Waals surface area contributed by atoms with E-state index in [0.29, 0.717) is 17.4 Å². The van der Waals surface area contributed by atoms with Crippen LogP contribution in [0.15, 0.2) is 0 Å². The highest BCUT2D eigenvalue weighted by Gasteiger charge is 2.62. The quantitative estimate of drug-likeness (QED) is 0.586. The number of rotatable bonds is 0. The lowest BCUT2D eigenvalue weighted by molar-refractivity contribution is -0.131. The second-order valence-electron chi connectivity index (χ2n) is 5.89. The maximum atomic E-state index is 11.9. The van der Waals surface area contributed by atoms with Crippen molar-refractivity contribution in [2.75, 3.05) is 6.54 Å². The van der Waals surface area contributed by atoms with Crippen LogP contribution in [0.4, 0.5) is 0 Å². The van der Waals surface area contributed by atoms with Crippen LogP contribution in [0.25, 0.3) is 0 Å². The van der Waals surface area contributed by atoms with Crippen molar-refractivity contribution in [2.45, 2.75) is 57.5 Å². The lowest BCUT2D eigenvalue weighted by Gasteiger charge is -2.42. The molecule has 0 radical (unpaired) electrons. The molecule has 0 aromatic carbocycles. The fraction of sp³-hybridized carbons (Fsp3) is 0.917. The van der Waals surface area contributed by atoms with Crippen molar-refractivity contribution in [2.24, 2.45) is 5.41 Å². The van der Waals surface area contributed by atoms with Crippen LogP contribution in [0.5, 0.6) is 0 Å². The van der Waals surface area contributed by atoms with Crippen molar-refractivity contribution in [1.29, 1.82) is 0 Å². The van der Waals surface area contributed by atoms with Crippen molar-refractivity contribution < 1.29 is 4.79 Å². The van der Waals surface area contributed by atoms with Gasteiger partial charge in [-0.1, -0.05) is 0 Å². The Morgan fingerprint density at radius 2 is 2.00 bits per heavy atom. The Hall–Kier alpha value is -0.370. The molecule has 1 unspecified atom stereocenters. The van der Waals surface area contributed by atoms with Gasteiger partial charge in [0.05, 0.1) is 0 Å². The maximum absolute atomic E-state index is 11.9. The van der Waals surface area contributed by atoms with Crippen LogP contribution >= 0.6 is 0 Å². The normalized spacial score (nSPS) is 38.7. The van der Waals surface area contributed by atoms with E-state index in [-0.39, 0.29) is 5.41 Å². The standard InChI is InChI=1S/C12H19NO/c1-11(2)5-3-9-12(6-7-12)10(14)4-8-13(9)11/h9H,3-8H2,1-2H3. The molecule has 0 aromatic rings. The van der Waals surface area contributed by atoms with E-state index in [1.807, 2.05) is 0 Å². The fourth-order valence-corrected chi connectivity index (χ4v) is 3.65. The summed E-state index contributed by atoms with van der Waals surface area (Å²) in [6.07, 6.45) is 5.66. The highest BCUT2D eigenvalue weighted by atomic mass is 16.1. The van der Waals surface area contributed by atoms with E-state index in [4.69, 9.17) is 0 Å². The van der Waals surface area contributed by atoms with E-state index < -0.39 is 0 Å². The summed E-state index contributed by atoms with van der Waals surface area (Å²) in [5.74, 6) is 0.566. The summed E-state index contributed by atoms with van der Waals surface area (Å²) >= 11 is 0. The van der Waals surface area contributed by atoms with Crippen LogP contribution < -0.4 is 0 Å². The molecule has 1 atom stereocenters. The van der Waals surface area contributed by atoms with Crippen molar-refractivity contribution >= 4 is 5.78 Å². The molecular formula is C12H19NO. The number of hydrogen-bond donors (Lipinski definition) is 0. The lowest BCUT2D eigenvalue weighted by Crippen LogP contribution is -2.53. The van der Waals surface area contributed by atoms with Crippen molar-refractivity contribution in [3.63, 3.8) is 0 Å². The van der Waals surface area contributed by atoms with Crippen LogP contribution in [0.2, 0.25) is 0 Å². The van der Waals surface area contributed by atoms with Crippen molar-refractivity contribution in [1.82, 2.24) is 4.90 Å². The number of carbonyl (C=O) groups is 1. The van der Waals surface area contributed by atoms with Gasteiger partial charge in [-0.3, -0.25) is 9.69 Å². The maximum Gasteiger partial charge on any atom is 0.141 e. The Bertz CT molecular complexity index is 291. The minimum absolute atomic E-state index is 0.131. The molecule has 0 amide bonds. The minimum atomic E-state index is 0.131. The Labute approximate surface area is 85.7 Å². The third-order valence-corrected chi connectivity index (χ3v) is 4.74. The molecule has 3 aliphatic rings. The zero-order valence-corrected chi connectivity index (χ0v) is 9.18. The molecule has 2 nitrogen and oxygen atoms in total. The second-order valence-corrected chi connectivity index (χ2v) is 5.89. The summed E-state index contributed by atoms with van der Waals surface area (Å²) in [7, 11) is 0. The molecule has 2 saturated heterocycles. The molecule has 2 heteroatoms. The smallest absolute Gasteiger partial charge is 0.141 e. The van der Waals surface area contributed by atoms with Gasteiger partial charge in [-0.25, -0.2) is 0 Å². The number of piperidine rings is 1. The number of ketones is 1. The van der Waals surface area contributed by atoms with Gasteiger partial charge in [-0.15, -0.1) is 0 Å². The van der Waals surface area contributed by atoms with E-state index in [2.05, 4.69) is 18.7 Å². The first kappa shape index (κ1) is 8.90. The molecule has 0 aromatic heterocycles. The third-order valence-electron chi connectivity index (χ3n) is 4.74. The van der Waals surface area contributed by atoms with Gasteiger partial charge in [-0.2, -0.15) is 0 Å². The van der Waals surface area contributed by atoms with Crippen LogP contribution in [0.3, 0.4) is 0 Å². The first-order valence-corrected chi connectivity index (χ1v) is 5.86. The van der Waals surface area contributed by atoms with Crippen LogP contribution in [0, 0.1) is 5.41 Å². The molecule has 2 heterocycles. The van der Waals surface area contributed by atoms with Gasteiger partial charge in [0.1, 0.15) is 5.78 Å². The first-order chi connectivity index (χ1) is 6.56. The molecule has 0 N–H and O–H groups in total. The lowest BCUT2D eigenvalue weighted by atomic mass is 9.84. The SMILES string of the molecule is CC1(C)CCC2N1CCC(=O)C21CC1. The van der Waals surface area contributed by atoms with E-state index in [0.717, 1.165) is 13.0 Å². The van der Waals surface area contributed by atoms with Gasteiger partial charge in [0.2, 0.25) is 0 Å². The average Bonchev–Trinajstić information content (AvgIpc) is 2.83. The third kappa shape index (κ3) is 0.928. The Balaban J connectivity index is 1.94. The molecule has 1 aliphatic carbocycles. The zero-order valence-electron chi connectivity index (χ0n) is 9.18. The van der Waals surface area contributed by atoms with Gasteiger partial charge in [-0.05, 0) is 39.5 Å². The number of fused-ring (bicyclic) bond motifs is 2. The number of carbonyl (C=O) groups excluding carboxylic acids is 1. The monoisotopic (exact) mass is 193 g/mol. The molecular weight excluding hydrogens is 174 g/mol. The molecule has 1 saturated carbocycles. The zero-order chi connectivity index (χ0) is 9.97. The van der Waals surface area contributed by atoms with Gasteiger partial charge in [0.15, 0.2) is 0 Å². The molecule has 1 spiro atoms. The van der Waals surface area contributed by atoms with Gasteiger partial charge in [0.25, 0.3) is 0 Å². The number of Topliss-reactive ketones (excluding diaryl/α,β-unsaturated/α-hetero) is 1. The average molecular weight is 193 g/mol. The number of hydrogen-bond acceptors (Lipinski definition) is 2. The largest absolute Gasteiger partial charge is 0.299 e. The van der Waals surface area contributed by atoms with Crippen LogP contribution in [0.1, 0.15) is 46.0 Å². The predicted molar refractivity (Wildman–Crippen MR) is 55.1 cm³/mol. The second kappa shape index (κ2) is 2.41. The summed E-state index contributed by atoms with van der Waals surface area (Å²) in [5, 5.41) is 0. The Kier molecular flexibility index (Phi) is 1.53. The topological polar surface area (TPSA) is 20.3 Å². The van der Waals surface area contributed by atoms with Crippen molar-refractivity contribution in [3.05, 3.63) is 0 Å². The van der Waals surface area contributed by atoms with Gasteiger partial charge in [0, 0.05) is 30.0 Å². The van der Waals surface area contributed by atoms with E-state index in [1.165, 1.54) is 25.7 Å². The summed E-state index contributed by atoms with van der Waals surface area (Å²) in [4.78, 5) is 14.5. The summed E-state index contributed by atoms with van der Waals surface area (Å²) in [5.41, 5.74) is 0.479. The van der Waals surface area contributed by atoms with E-state index in [1.54, 1.807) is 0 Å². The van der Waals surface area contributed by atoms with Crippen molar-refractivity contribution in [3.8, 4) is 0 Å². The summed E-state index contributed by atoms with van der Waals surface area (Å²) in [6, 6.07) is 0.596. The predicted octanol–water partition coefficient (Wildman–Crippen LogP) is 1.98.